The number of amides is 1. The molecule has 1 heterocycles. The number of carbonyl (C=O) groups excluding carboxylic acids is 1. The van der Waals surface area contributed by atoms with Crippen LogP contribution < -0.4 is 5.32 Å². The number of hydrogen-bond donors (Lipinski definition) is 3. The second-order valence-electron chi connectivity index (χ2n) is 4.43. The molecule has 0 aliphatic heterocycles. The third-order valence-corrected chi connectivity index (χ3v) is 2.84. The number of aryl methyl sites for hydroxylation is 1. The Hall–Kier alpha value is -2.49. The Morgan fingerprint density at radius 3 is 2.57 bits per heavy atom. The number of carboxylic acid groups (broad SMARTS) is 1. The summed E-state index contributed by atoms with van der Waals surface area (Å²) in [6, 6.07) is 0. The van der Waals surface area contributed by atoms with Gasteiger partial charge in [0.05, 0.1) is 4.92 Å². The average Bonchev–Trinajstić information content (AvgIpc) is 2.63. The van der Waals surface area contributed by atoms with Crippen molar-refractivity contribution in [2.45, 2.75) is 32.9 Å². The second-order valence-corrected chi connectivity index (χ2v) is 4.43. The highest BCUT2D eigenvalue weighted by atomic mass is 16.6. The fourth-order valence-electron chi connectivity index (χ4n) is 1.77. The molecule has 0 spiro atoms. The predicted molar refractivity (Wildman–Crippen MR) is 69.6 cm³/mol. The van der Waals surface area contributed by atoms with Crippen molar-refractivity contribution in [1.82, 2.24) is 15.1 Å². The van der Waals surface area contributed by atoms with Gasteiger partial charge < -0.3 is 15.5 Å². The number of hydrogen-bond acceptors (Lipinski definition) is 6. The quantitative estimate of drug-likeness (QED) is 0.448. The Labute approximate surface area is 119 Å². The molecule has 0 saturated carbocycles. The van der Waals surface area contributed by atoms with Gasteiger partial charge >= 0.3 is 11.7 Å². The summed E-state index contributed by atoms with van der Waals surface area (Å²) in [5.74, 6) is -1.84. The van der Waals surface area contributed by atoms with E-state index in [4.69, 9.17) is 10.2 Å². The number of nitrogens with zero attached hydrogens (tertiary/aromatic N) is 3. The lowest BCUT2D eigenvalue weighted by Crippen LogP contribution is -2.32. The van der Waals surface area contributed by atoms with E-state index in [1.165, 1.54) is 18.5 Å². The van der Waals surface area contributed by atoms with Crippen molar-refractivity contribution < 1.29 is 24.7 Å². The van der Waals surface area contributed by atoms with E-state index in [-0.39, 0.29) is 36.6 Å². The Kier molecular flexibility index (Phi) is 5.36. The molecule has 0 bridgehead atoms. The van der Waals surface area contributed by atoms with E-state index in [1.54, 1.807) is 0 Å². The van der Waals surface area contributed by atoms with Crippen molar-refractivity contribution >= 4 is 17.6 Å². The van der Waals surface area contributed by atoms with Gasteiger partial charge in [0.25, 0.3) is 0 Å². The van der Waals surface area contributed by atoms with Crippen LogP contribution in [-0.4, -0.2) is 49.4 Å². The molecule has 3 N–H and O–H groups in total. The second kappa shape index (κ2) is 6.79. The zero-order valence-electron chi connectivity index (χ0n) is 11.6. The third kappa shape index (κ3) is 4.24. The molecule has 0 saturated heterocycles. The van der Waals surface area contributed by atoms with Gasteiger partial charge in [-0.2, -0.15) is 5.10 Å². The first kappa shape index (κ1) is 16.6. The monoisotopic (exact) mass is 300 g/mol. The lowest BCUT2D eigenvalue weighted by molar-refractivity contribution is -0.386. The number of carboxylic acids is 1. The highest BCUT2D eigenvalue weighted by Gasteiger charge is 2.22. The van der Waals surface area contributed by atoms with Crippen LogP contribution in [0.15, 0.2) is 0 Å². The number of aromatic nitrogens is 2. The minimum Gasteiger partial charge on any atom is -0.479 e. The van der Waals surface area contributed by atoms with Crippen molar-refractivity contribution in [3.8, 4) is 0 Å². The van der Waals surface area contributed by atoms with Crippen LogP contribution in [0.3, 0.4) is 0 Å². The molecule has 10 nitrogen and oxygen atoms in total. The maximum Gasteiger partial charge on any atom is 0.332 e. The van der Waals surface area contributed by atoms with Gasteiger partial charge in [-0.15, -0.1) is 0 Å². The number of aliphatic carboxylic acids is 1. The summed E-state index contributed by atoms with van der Waals surface area (Å²) < 4.78 is 1.20. The standard InChI is InChI=1S/C11H16N4O6/c1-6-10(15(20)21)7(2)14(13-6)5-9(17)12-4-3-8(16)11(18)19/h8,16H,3-5H2,1-2H3,(H,12,17)(H,18,19)/t8-/m0/s1. The van der Waals surface area contributed by atoms with Crippen LogP contribution in [-0.2, 0) is 16.1 Å². The number of nitrogens with one attached hydrogen (secondary N) is 1. The molecule has 0 aliphatic carbocycles. The van der Waals surface area contributed by atoms with Gasteiger partial charge in [-0.3, -0.25) is 19.6 Å². The van der Waals surface area contributed by atoms with Gasteiger partial charge in [0.15, 0.2) is 6.10 Å². The first-order chi connectivity index (χ1) is 9.73. The summed E-state index contributed by atoms with van der Waals surface area (Å²) >= 11 is 0. The Morgan fingerprint density at radius 1 is 1.48 bits per heavy atom. The maximum absolute atomic E-state index is 11.6. The fraction of sp³-hybridized carbons (Fsp3) is 0.545. The number of nitro groups is 1. The van der Waals surface area contributed by atoms with Gasteiger partial charge in [0, 0.05) is 13.0 Å². The average molecular weight is 300 g/mol. The van der Waals surface area contributed by atoms with E-state index in [0.29, 0.717) is 0 Å². The van der Waals surface area contributed by atoms with Crippen molar-refractivity contribution in [2.75, 3.05) is 6.54 Å². The van der Waals surface area contributed by atoms with E-state index in [2.05, 4.69) is 10.4 Å². The van der Waals surface area contributed by atoms with Crippen LogP contribution in [0.5, 0.6) is 0 Å². The number of rotatable bonds is 7. The van der Waals surface area contributed by atoms with Gasteiger partial charge in [-0.25, -0.2) is 4.79 Å². The van der Waals surface area contributed by atoms with Gasteiger partial charge in [-0.1, -0.05) is 0 Å². The van der Waals surface area contributed by atoms with Crippen molar-refractivity contribution in [1.29, 1.82) is 0 Å². The molecule has 1 rings (SSSR count). The number of carbonyl (C=O) groups is 2. The molecular weight excluding hydrogens is 284 g/mol. The highest BCUT2D eigenvalue weighted by molar-refractivity contribution is 5.76. The molecule has 0 aliphatic rings. The molecule has 0 aromatic carbocycles. The molecule has 21 heavy (non-hydrogen) atoms. The third-order valence-electron chi connectivity index (χ3n) is 2.84. The summed E-state index contributed by atoms with van der Waals surface area (Å²) in [5, 5.41) is 34.6. The van der Waals surface area contributed by atoms with Crippen LogP contribution in [0, 0.1) is 24.0 Å². The Balaban J connectivity index is 2.58. The topological polar surface area (TPSA) is 148 Å². The molecule has 116 valence electrons. The number of aliphatic hydroxyl groups is 1. The van der Waals surface area contributed by atoms with E-state index in [1.807, 2.05) is 0 Å². The van der Waals surface area contributed by atoms with E-state index >= 15 is 0 Å². The molecule has 0 radical (unpaired) electrons. The first-order valence-electron chi connectivity index (χ1n) is 6.10. The fourth-order valence-corrected chi connectivity index (χ4v) is 1.77. The summed E-state index contributed by atoms with van der Waals surface area (Å²) in [5.41, 5.74) is 0.342. The minimum atomic E-state index is -1.54. The number of aliphatic hydroxyl groups excluding tert-OH is 1. The van der Waals surface area contributed by atoms with Crippen molar-refractivity contribution in [2.24, 2.45) is 0 Å². The molecule has 1 amide bonds. The van der Waals surface area contributed by atoms with Crippen LogP contribution in [0.2, 0.25) is 0 Å². The summed E-state index contributed by atoms with van der Waals surface area (Å²) in [6.07, 6.45) is -1.67. The van der Waals surface area contributed by atoms with Crippen LogP contribution in [0.4, 0.5) is 5.69 Å². The SMILES string of the molecule is Cc1nn(CC(=O)NCC[C@H](O)C(=O)O)c(C)c1[N+](=O)[O-]. The molecule has 1 aromatic heterocycles. The zero-order valence-corrected chi connectivity index (χ0v) is 11.6. The molecule has 10 heteroatoms. The van der Waals surface area contributed by atoms with Crippen LogP contribution >= 0.6 is 0 Å². The Bertz CT molecular complexity index is 567. The zero-order chi connectivity index (χ0) is 16.2. The normalized spacial score (nSPS) is 12.0. The minimum absolute atomic E-state index is 0.0201. The summed E-state index contributed by atoms with van der Waals surface area (Å²) in [4.78, 5) is 32.3. The first-order valence-corrected chi connectivity index (χ1v) is 6.10. The van der Waals surface area contributed by atoms with Crippen molar-refractivity contribution in [3.05, 3.63) is 21.5 Å². The lowest BCUT2D eigenvalue weighted by atomic mass is 10.2. The largest absolute Gasteiger partial charge is 0.479 e. The van der Waals surface area contributed by atoms with E-state index in [0.717, 1.165) is 0 Å². The van der Waals surface area contributed by atoms with Gasteiger partial charge in [0.2, 0.25) is 5.91 Å². The van der Waals surface area contributed by atoms with Gasteiger partial charge in [-0.05, 0) is 13.8 Å². The van der Waals surface area contributed by atoms with Crippen LogP contribution in [0.25, 0.3) is 0 Å². The van der Waals surface area contributed by atoms with E-state index in [9.17, 15) is 19.7 Å². The van der Waals surface area contributed by atoms with Crippen LogP contribution in [0.1, 0.15) is 17.8 Å². The molecule has 0 unspecified atom stereocenters. The van der Waals surface area contributed by atoms with Gasteiger partial charge in [0.1, 0.15) is 17.9 Å². The highest BCUT2D eigenvalue weighted by Crippen LogP contribution is 2.21. The summed E-state index contributed by atoms with van der Waals surface area (Å²) in [6.45, 7) is 2.72. The maximum atomic E-state index is 11.6. The van der Waals surface area contributed by atoms with E-state index < -0.39 is 22.9 Å². The molecular formula is C11H16N4O6. The molecule has 0 fully saturated rings. The molecule has 1 aromatic rings. The van der Waals surface area contributed by atoms with Crippen molar-refractivity contribution in [3.63, 3.8) is 0 Å². The molecule has 1 atom stereocenters. The summed E-state index contributed by atoms with van der Waals surface area (Å²) in [7, 11) is 0. The predicted octanol–water partition coefficient (Wildman–Crippen LogP) is -0.640. The smallest absolute Gasteiger partial charge is 0.332 e. The lowest BCUT2D eigenvalue weighted by Gasteiger charge is -2.08. The Morgan fingerprint density at radius 2 is 2.10 bits per heavy atom.